The van der Waals surface area contributed by atoms with E-state index in [0.29, 0.717) is 0 Å². The molecule has 0 bridgehead atoms. The Kier molecular flexibility index (Phi) is 6.31. The van der Waals surface area contributed by atoms with Crippen molar-refractivity contribution in [3.63, 3.8) is 0 Å². The molecule has 0 aliphatic rings. The molecule has 130 valence electrons. The standard InChI is InChI=1S/C18H16OSi.C4H10O/c19-20(16-10-4-1-5-11-16,17-12-6-2-7-13-17)18-14-8-3-9-15-18;1-4(2,3)5/h1-15,19H;5H,1-3H3. The fourth-order valence-corrected chi connectivity index (χ4v) is 5.56. The summed E-state index contributed by atoms with van der Waals surface area (Å²) in [7, 11) is -2.88. The number of hydrogen-bond donors (Lipinski definition) is 2. The summed E-state index contributed by atoms with van der Waals surface area (Å²) in [5.41, 5.74) is -0.500. The third-order valence-electron chi connectivity index (χ3n) is 3.57. The van der Waals surface area contributed by atoms with E-state index in [4.69, 9.17) is 5.11 Å². The van der Waals surface area contributed by atoms with Crippen molar-refractivity contribution in [3.05, 3.63) is 91.0 Å². The van der Waals surface area contributed by atoms with Crippen LogP contribution in [-0.4, -0.2) is 23.8 Å². The van der Waals surface area contributed by atoms with Crippen molar-refractivity contribution in [2.75, 3.05) is 0 Å². The van der Waals surface area contributed by atoms with Crippen LogP contribution in [0.25, 0.3) is 0 Å². The molecule has 2 nitrogen and oxygen atoms in total. The molecule has 0 saturated heterocycles. The highest BCUT2D eigenvalue weighted by atomic mass is 28.4. The summed E-state index contributed by atoms with van der Waals surface area (Å²) < 4.78 is 0. The Morgan fingerprint density at radius 3 is 0.960 bits per heavy atom. The van der Waals surface area contributed by atoms with E-state index in [0.717, 1.165) is 15.6 Å². The molecular weight excluding hydrogens is 324 g/mol. The van der Waals surface area contributed by atoms with Crippen LogP contribution < -0.4 is 15.6 Å². The number of rotatable bonds is 3. The van der Waals surface area contributed by atoms with Crippen LogP contribution in [0.15, 0.2) is 91.0 Å². The van der Waals surface area contributed by atoms with Crippen LogP contribution >= 0.6 is 0 Å². The molecule has 0 aromatic heterocycles. The highest BCUT2D eigenvalue weighted by Crippen LogP contribution is 2.03. The number of aliphatic hydroxyl groups is 1. The van der Waals surface area contributed by atoms with E-state index >= 15 is 0 Å². The molecule has 0 spiro atoms. The van der Waals surface area contributed by atoms with Crippen molar-refractivity contribution in [2.45, 2.75) is 26.4 Å². The lowest BCUT2D eigenvalue weighted by Gasteiger charge is -2.26. The van der Waals surface area contributed by atoms with Gasteiger partial charge in [-0.25, -0.2) is 0 Å². The third kappa shape index (κ3) is 5.39. The SMILES string of the molecule is CC(C)(C)O.O[Si](c1ccccc1)(c1ccccc1)c1ccccc1. The number of hydrogen-bond acceptors (Lipinski definition) is 2. The first-order chi connectivity index (χ1) is 11.8. The molecule has 0 heterocycles. The molecule has 3 aromatic rings. The molecule has 0 amide bonds. The molecule has 0 fully saturated rings. The monoisotopic (exact) mass is 350 g/mol. The van der Waals surface area contributed by atoms with Gasteiger partial charge >= 0.3 is 0 Å². The van der Waals surface area contributed by atoms with Crippen LogP contribution in [-0.2, 0) is 0 Å². The van der Waals surface area contributed by atoms with E-state index in [2.05, 4.69) is 0 Å². The largest absolute Gasteiger partial charge is 0.421 e. The van der Waals surface area contributed by atoms with Crippen LogP contribution in [0, 0.1) is 0 Å². The van der Waals surface area contributed by atoms with Gasteiger partial charge in [0, 0.05) is 0 Å². The Morgan fingerprint density at radius 2 is 0.760 bits per heavy atom. The molecule has 2 N–H and O–H groups in total. The smallest absolute Gasteiger partial charge is 0.285 e. The van der Waals surface area contributed by atoms with Gasteiger partial charge in [0.15, 0.2) is 0 Å². The minimum absolute atomic E-state index is 0.500. The topological polar surface area (TPSA) is 40.5 Å². The van der Waals surface area contributed by atoms with E-state index in [1.165, 1.54) is 0 Å². The van der Waals surface area contributed by atoms with Crippen LogP contribution in [0.5, 0.6) is 0 Å². The fraction of sp³-hybridized carbons (Fsp3) is 0.182. The summed E-state index contributed by atoms with van der Waals surface area (Å²) in [4.78, 5) is 11.6. The minimum Gasteiger partial charge on any atom is -0.421 e. The lowest BCUT2D eigenvalue weighted by molar-refractivity contribution is 0.102. The van der Waals surface area contributed by atoms with Gasteiger partial charge in [-0.1, -0.05) is 91.0 Å². The maximum absolute atomic E-state index is 11.6. The zero-order chi connectivity index (χ0) is 18.3. The normalized spacial score (nSPS) is 11.4. The zero-order valence-corrected chi connectivity index (χ0v) is 16.1. The second-order valence-corrected chi connectivity index (χ2v) is 10.1. The molecule has 0 saturated carbocycles. The summed E-state index contributed by atoms with van der Waals surface area (Å²) in [6, 6.07) is 30.0. The molecule has 0 radical (unpaired) electrons. The predicted octanol–water partition coefficient (Wildman–Crippen LogP) is 2.42. The molecule has 0 aliphatic carbocycles. The average molecular weight is 351 g/mol. The molecular formula is C22H26O2Si. The first-order valence-corrected chi connectivity index (χ1v) is 10.4. The summed E-state index contributed by atoms with van der Waals surface area (Å²) in [5, 5.41) is 11.6. The maximum atomic E-state index is 11.6. The quantitative estimate of drug-likeness (QED) is 0.563. The van der Waals surface area contributed by atoms with E-state index in [1.807, 2.05) is 91.0 Å². The molecule has 3 aromatic carbocycles. The Balaban J connectivity index is 0.000000399. The number of benzene rings is 3. The van der Waals surface area contributed by atoms with Gasteiger partial charge in [-0.2, -0.15) is 0 Å². The van der Waals surface area contributed by atoms with E-state index in [1.54, 1.807) is 20.8 Å². The summed E-state index contributed by atoms with van der Waals surface area (Å²) >= 11 is 0. The Labute approximate surface area is 151 Å². The van der Waals surface area contributed by atoms with Crippen molar-refractivity contribution in [1.29, 1.82) is 0 Å². The first kappa shape index (κ1) is 19.1. The highest BCUT2D eigenvalue weighted by molar-refractivity contribution is 7.06. The van der Waals surface area contributed by atoms with E-state index < -0.39 is 13.9 Å². The Morgan fingerprint density at radius 1 is 0.560 bits per heavy atom. The van der Waals surface area contributed by atoms with E-state index in [-0.39, 0.29) is 0 Å². The van der Waals surface area contributed by atoms with Crippen molar-refractivity contribution >= 4 is 23.9 Å². The van der Waals surface area contributed by atoms with Gasteiger partial charge in [0.05, 0.1) is 5.60 Å². The molecule has 0 unspecified atom stereocenters. The predicted molar refractivity (Wildman–Crippen MR) is 108 cm³/mol. The average Bonchev–Trinajstić information content (AvgIpc) is 2.62. The van der Waals surface area contributed by atoms with Crippen molar-refractivity contribution in [2.24, 2.45) is 0 Å². The Bertz CT molecular complexity index is 648. The lowest BCUT2D eigenvalue weighted by Crippen LogP contribution is -2.67. The van der Waals surface area contributed by atoms with Crippen LogP contribution in [0.2, 0.25) is 0 Å². The van der Waals surface area contributed by atoms with E-state index in [9.17, 15) is 4.80 Å². The molecule has 0 atom stereocenters. The first-order valence-electron chi connectivity index (χ1n) is 8.43. The van der Waals surface area contributed by atoms with Gasteiger partial charge in [0.1, 0.15) is 0 Å². The van der Waals surface area contributed by atoms with Gasteiger partial charge in [-0.3, -0.25) is 0 Å². The van der Waals surface area contributed by atoms with Gasteiger partial charge in [0.2, 0.25) is 0 Å². The molecule has 3 rings (SSSR count). The molecule has 3 heteroatoms. The molecule has 25 heavy (non-hydrogen) atoms. The Hall–Kier alpha value is -2.20. The second-order valence-electron chi connectivity index (χ2n) is 6.98. The summed E-state index contributed by atoms with van der Waals surface area (Å²) in [6.07, 6.45) is 0. The van der Waals surface area contributed by atoms with Gasteiger partial charge in [-0.15, -0.1) is 0 Å². The van der Waals surface area contributed by atoms with Crippen LogP contribution in [0.4, 0.5) is 0 Å². The van der Waals surface area contributed by atoms with Gasteiger partial charge in [-0.05, 0) is 36.3 Å². The summed E-state index contributed by atoms with van der Waals surface area (Å²) in [5.74, 6) is 0. The highest BCUT2D eigenvalue weighted by Gasteiger charge is 2.37. The van der Waals surface area contributed by atoms with Crippen molar-refractivity contribution in [1.82, 2.24) is 0 Å². The van der Waals surface area contributed by atoms with Gasteiger partial charge in [0.25, 0.3) is 8.32 Å². The van der Waals surface area contributed by atoms with Crippen molar-refractivity contribution in [3.8, 4) is 0 Å². The van der Waals surface area contributed by atoms with Crippen LogP contribution in [0.3, 0.4) is 0 Å². The van der Waals surface area contributed by atoms with Gasteiger partial charge < -0.3 is 9.90 Å². The maximum Gasteiger partial charge on any atom is 0.285 e. The third-order valence-corrected chi connectivity index (χ3v) is 7.08. The second kappa shape index (κ2) is 8.25. The summed E-state index contributed by atoms with van der Waals surface area (Å²) in [6.45, 7) is 5.23. The fourth-order valence-electron chi connectivity index (χ4n) is 2.54. The lowest BCUT2D eigenvalue weighted by atomic mass is 10.2. The molecule has 0 aliphatic heterocycles. The van der Waals surface area contributed by atoms with Crippen LogP contribution in [0.1, 0.15) is 20.8 Å². The van der Waals surface area contributed by atoms with Crippen molar-refractivity contribution < 1.29 is 9.90 Å². The minimum atomic E-state index is -2.88. The zero-order valence-electron chi connectivity index (χ0n) is 15.1.